The number of halogens is 1. The van der Waals surface area contributed by atoms with Crippen LogP contribution in [0.5, 0.6) is 0 Å². The van der Waals surface area contributed by atoms with Crippen molar-refractivity contribution in [2.24, 2.45) is 0 Å². The molecule has 2 aromatic carbocycles. The Labute approximate surface area is 157 Å². The van der Waals surface area contributed by atoms with E-state index in [1.165, 1.54) is 17.7 Å². The first kappa shape index (κ1) is 16.4. The fourth-order valence-electron chi connectivity index (χ4n) is 4.93. The van der Waals surface area contributed by atoms with Gasteiger partial charge in [0.1, 0.15) is 11.5 Å². The monoisotopic (exact) mass is 360 g/mol. The molecule has 4 heteroatoms. The largest absolute Gasteiger partial charge is 0.331 e. The lowest BCUT2D eigenvalue weighted by atomic mass is 9.85. The average Bonchev–Trinajstić information content (AvgIpc) is 2.97. The van der Waals surface area contributed by atoms with Gasteiger partial charge in [0.05, 0.1) is 0 Å². The van der Waals surface area contributed by atoms with Crippen molar-refractivity contribution in [3.63, 3.8) is 0 Å². The molecular formula is C23H21FN2O. The van der Waals surface area contributed by atoms with Crippen LogP contribution in [0.3, 0.4) is 0 Å². The first-order chi connectivity index (χ1) is 13.2. The molecule has 2 aliphatic rings. The minimum absolute atomic E-state index is 0.0526. The molecule has 0 unspecified atom stereocenters. The Morgan fingerprint density at radius 1 is 0.963 bits per heavy atom. The molecule has 0 aliphatic carbocycles. The van der Waals surface area contributed by atoms with Crippen molar-refractivity contribution in [3.8, 4) is 0 Å². The minimum Gasteiger partial charge on any atom is -0.331 e. The summed E-state index contributed by atoms with van der Waals surface area (Å²) in [4.78, 5) is 19.9. The normalized spacial score (nSPS) is 24.3. The molecule has 0 spiro atoms. The zero-order chi connectivity index (χ0) is 18.4. The number of aromatic nitrogens is 1. The highest BCUT2D eigenvalue weighted by molar-refractivity contribution is 6.05. The number of piperidine rings is 1. The number of carbonyl (C=O) groups excluding carboxylic acids is 1. The molecule has 1 aromatic heterocycles. The minimum atomic E-state index is -0.198. The summed E-state index contributed by atoms with van der Waals surface area (Å²) in [6.45, 7) is 0. The third-order valence-electron chi connectivity index (χ3n) is 6.19. The summed E-state index contributed by atoms with van der Waals surface area (Å²) in [6, 6.07) is 17.2. The van der Waals surface area contributed by atoms with Gasteiger partial charge in [-0.1, -0.05) is 36.4 Å². The van der Waals surface area contributed by atoms with Crippen LogP contribution in [-0.4, -0.2) is 27.9 Å². The molecule has 2 atom stereocenters. The van der Waals surface area contributed by atoms with Gasteiger partial charge in [0, 0.05) is 23.7 Å². The number of benzene rings is 2. The molecule has 3 heterocycles. The van der Waals surface area contributed by atoms with Crippen LogP contribution in [0.15, 0.2) is 60.8 Å². The molecule has 0 radical (unpaired) electrons. The summed E-state index contributed by atoms with van der Waals surface area (Å²) in [6.07, 6.45) is 5.69. The second-order valence-electron chi connectivity index (χ2n) is 7.70. The topological polar surface area (TPSA) is 33.2 Å². The van der Waals surface area contributed by atoms with Gasteiger partial charge in [0.15, 0.2) is 0 Å². The van der Waals surface area contributed by atoms with Crippen LogP contribution in [0.25, 0.3) is 10.8 Å². The van der Waals surface area contributed by atoms with E-state index >= 15 is 0 Å². The van der Waals surface area contributed by atoms with Crippen LogP contribution in [0.2, 0.25) is 0 Å². The van der Waals surface area contributed by atoms with Gasteiger partial charge >= 0.3 is 0 Å². The van der Waals surface area contributed by atoms with Crippen LogP contribution in [0, 0.1) is 5.82 Å². The summed E-state index contributed by atoms with van der Waals surface area (Å²) >= 11 is 0. The quantitative estimate of drug-likeness (QED) is 0.649. The van der Waals surface area contributed by atoms with E-state index in [2.05, 4.69) is 9.88 Å². The summed E-state index contributed by atoms with van der Waals surface area (Å²) in [5, 5.41) is 1.97. The number of nitrogens with zero attached hydrogens (tertiary/aromatic N) is 2. The van der Waals surface area contributed by atoms with Crippen LogP contribution < -0.4 is 0 Å². The van der Waals surface area contributed by atoms with Crippen LogP contribution in [0.4, 0.5) is 4.39 Å². The number of hydrogen-bond donors (Lipinski definition) is 0. The molecule has 0 saturated carbocycles. The Hall–Kier alpha value is -2.75. The lowest BCUT2D eigenvalue weighted by Crippen LogP contribution is -2.46. The Kier molecular flexibility index (Phi) is 3.92. The molecule has 0 N–H and O–H groups in total. The Bertz CT molecular complexity index is 981. The summed E-state index contributed by atoms with van der Waals surface area (Å²) < 4.78 is 13.2. The Morgan fingerprint density at radius 2 is 1.67 bits per heavy atom. The number of rotatable bonds is 2. The van der Waals surface area contributed by atoms with E-state index < -0.39 is 0 Å². The van der Waals surface area contributed by atoms with Crippen molar-refractivity contribution in [1.29, 1.82) is 0 Å². The fourth-order valence-corrected chi connectivity index (χ4v) is 4.93. The van der Waals surface area contributed by atoms with Gasteiger partial charge in [-0.3, -0.25) is 9.78 Å². The SMILES string of the molecule is O=C(c1nccc2ccccc12)N1[C@@H]2CC[C@@H]1CC(c1ccc(F)cc1)C2. The average molecular weight is 360 g/mol. The van der Waals surface area contributed by atoms with E-state index in [4.69, 9.17) is 0 Å². The standard InChI is InChI=1S/C23H21FN2O/c24-18-7-5-15(6-8-18)17-13-19-9-10-20(14-17)26(19)23(27)22-21-4-2-1-3-16(21)11-12-25-22/h1-8,11-12,17,19-20H,9-10,13-14H2/t19-,20-/m1/s1. The van der Waals surface area contributed by atoms with Crippen molar-refractivity contribution < 1.29 is 9.18 Å². The molecule has 2 aliphatic heterocycles. The van der Waals surface area contributed by atoms with E-state index in [-0.39, 0.29) is 23.8 Å². The highest BCUT2D eigenvalue weighted by Gasteiger charge is 2.44. The van der Waals surface area contributed by atoms with Gasteiger partial charge in [-0.05, 0) is 60.7 Å². The van der Waals surface area contributed by atoms with E-state index in [1.807, 2.05) is 42.5 Å². The second-order valence-corrected chi connectivity index (χ2v) is 7.70. The summed E-state index contributed by atoms with van der Waals surface area (Å²) in [5.41, 5.74) is 1.74. The molecule has 3 aromatic rings. The number of carbonyl (C=O) groups is 1. The van der Waals surface area contributed by atoms with Gasteiger partial charge in [0.25, 0.3) is 5.91 Å². The second kappa shape index (κ2) is 6.45. The molecule has 2 bridgehead atoms. The first-order valence-corrected chi connectivity index (χ1v) is 9.62. The van der Waals surface area contributed by atoms with Gasteiger partial charge in [-0.2, -0.15) is 0 Å². The Morgan fingerprint density at radius 3 is 2.41 bits per heavy atom. The van der Waals surface area contributed by atoms with Crippen LogP contribution in [-0.2, 0) is 0 Å². The highest BCUT2D eigenvalue weighted by atomic mass is 19.1. The van der Waals surface area contributed by atoms with Gasteiger partial charge in [-0.15, -0.1) is 0 Å². The molecule has 1 amide bonds. The van der Waals surface area contributed by atoms with E-state index in [1.54, 1.807) is 6.20 Å². The molecule has 3 nitrogen and oxygen atoms in total. The Balaban J connectivity index is 1.44. The third-order valence-corrected chi connectivity index (χ3v) is 6.19. The lowest BCUT2D eigenvalue weighted by molar-refractivity contribution is 0.0567. The van der Waals surface area contributed by atoms with Crippen LogP contribution in [0.1, 0.15) is 47.7 Å². The fraction of sp³-hybridized carbons (Fsp3) is 0.304. The van der Waals surface area contributed by atoms with Crippen molar-refractivity contribution >= 4 is 16.7 Å². The maximum absolute atomic E-state index is 13.4. The number of amides is 1. The van der Waals surface area contributed by atoms with Crippen LogP contribution >= 0.6 is 0 Å². The van der Waals surface area contributed by atoms with E-state index in [9.17, 15) is 9.18 Å². The smallest absolute Gasteiger partial charge is 0.273 e. The van der Waals surface area contributed by atoms with Crippen molar-refractivity contribution in [1.82, 2.24) is 9.88 Å². The van der Waals surface area contributed by atoms with Gasteiger partial charge in [0.2, 0.25) is 0 Å². The summed E-state index contributed by atoms with van der Waals surface area (Å²) in [7, 11) is 0. The molecule has 136 valence electrons. The molecular weight excluding hydrogens is 339 g/mol. The molecule has 5 rings (SSSR count). The zero-order valence-corrected chi connectivity index (χ0v) is 15.0. The third kappa shape index (κ3) is 2.80. The maximum atomic E-state index is 13.4. The molecule has 2 saturated heterocycles. The highest BCUT2D eigenvalue weighted by Crippen LogP contribution is 2.43. The lowest BCUT2D eigenvalue weighted by Gasteiger charge is -2.39. The number of fused-ring (bicyclic) bond motifs is 3. The number of pyridine rings is 1. The van der Waals surface area contributed by atoms with Gasteiger partial charge in [-0.25, -0.2) is 4.39 Å². The van der Waals surface area contributed by atoms with E-state index in [0.717, 1.165) is 36.5 Å². The van der Waals surface area contributed by atoms with Gasteiger partial charge < -0.3 is 4.90 Å². The van der Waals surface area contributed by atoms with Crippen molar-refractivity contribution in [2.45, 2.75) is 43.7 Å². The number of hydrogen-bond acceptors (Lipinski definition) is 2. The van der Waals surface area contributed by atoms with Crippen molar-refractivity contribution in [3.05, 3.63) is 77.9 Å². The predicted octanol–water partition coefficient (Wildman–Crippen LogP) is 4.92. The van der Waals surface area contributed by atoms with E-state index in [0.29, 0.717) is 11.6 Å². The predicted molar refractivity (Wildman–Crippen MR) is 103 cm³/mol. The molecule has 2 fully saturated rings. The first-order valence-electron chi connectivity index (χ1n) is 9.62. The zero-order valence-electron chi connectivity index (χ0n) is 15.0. The molecule has 27 heavy (non-hydrogen) atoms. The summed E-state index contributed by atoms with van der Waals surface area (Å²) in [5.74, 6) is 0.251. The maximum Gasteiger partial charge on any atom is 0.273 e. The van der Waals surface area contributed by atoms with Crippen molar-refractivity contribution in [2.75, 3.05) is 0 Å².